The van der Waals surface area contributed by atoms with Crippen molar-refractivity contribution < 1.29 is 13.9 Å². The van der Waals surface area contributed by atoms with E-state index in [1.807, 2.05) is 43.3 Å². The van der Waals surface area contributed by atoms with Gasteiger partial charge in [0.2, 0.25) is 5.91 Å². The molecule has 1 amide bonds. The van der Waals surface area contributed by atoms with Gasteiger partial charge in [-0.05, 0) is 37.1 Å². The van der Waals surface area contributed by atoms with Gasteiger partial charge in [-0.25, -0.2) is 0 Å². The minimum absolute atomic E-state index is 0.0326. The molecule has 0 saturated carbocycles. The van der Waals surface area contributed by atoms with E-state index in [1.165, 1.54) is 11.1 Å². The highest BCUT2D eigenvalue weighted by Crippen LogP contribution is 2.23. The first kappa shape index (κ1) is 17.1. The van der Waals surface area contributed by atoms with Crippen molar-refractivity contribution in [2.75, 3.05) is 13.2 Å². The maximum Gasteiger partial charge on any atom is 0.224 e. The van der Waals surface area contributed by atoms with Crippen LogP contribution in [0.15, 0.2) is 53.1 Å². The fraction of sp³-hybridized carbons (Fsp3) is 0.286. The summed E-state index contributed by atoms with van der Waals surface area (Å²) in [4.78, 5) is 12.1. The molecule has 4 nitrogen and oxygen atoms in total. The average molecular weight is 337 g/mol. The first-order chi connectivity index (χ1) is 12.2. The fourth-order valence-electron chi connectivity index (χ4n) is 2.71. The van der Waals surface area contributed by atoms with Crippen LogP contribution < -0.4 is 10.1 Å². The summed E-state index contributed by atoms with van der Waals surface area (Å²) in [7, 11) is 0. The number of aryl methyl sites for hydroxylation is 2. The van der Waals surface area contributed by atoms with Crippen molar-refractivity contribution >= 4 is 16.9 Å². The molecule has 1 heterocycles. The van der Waals surface area contributed by atoms with Gasteiger partial charge in [0.05, 0.1) is 19.2 Å². The molecule has 3 aromatic rings. The molecule has 0 spiro atoms. The van der Waals surface area contributed by atoms with Gasteiger partial charge in [0.25, 0.3) is 0 Å². The van der Waals surface area contributed by atoms with Crippen LogP contribution in [0, 0.1) is 6.92 Å². The number of carbonyl (C=O) groups excluding carboxylic acids is 1. The number of ether oxygens (including phenoxy) is 1. The molecule has 3 rings (SSSR count). The lowest BCUT2D eigenvalue weighted by Gasteiger charge is -2.08. The number of furan rings is 1. The highest BCUT2D eigenvalue weighted by atomic mass is 16.5. The SMILES string of the molecule is CCc1ccc2c(CC(=O)NCCOc3ccc(C)cc3)coc2c1. The smallest absolute Gasteiger partial charge is 0.224 e. The predicted octanol–water partition coefficient (Wildman–Crippen LogP) is 4.04. The summed E-state index contributed by atoms with van der Waals surface area (Å²) in [6.45, 7) is 5.06. The van der Waals surface area contributed by atoms with E-state index in [-0.39, 0.29) is 5.91 Å². The normalized spacial score (nSPS) is 10.8. The lowest BCUT2D eigenvalue weighted by atomic mass is 10.1. The van der Waals surface area contributed by atoms with Crippen LogP contribution in [0.5, 0.6) is 5.75 Å². The maximum atomic E-state index is 12.1. The van der Waals surface area contributed by atoms with Crippen molar-refractivity contribution in [1.29, 1.82) is 0 Å². The Morgan fingerprint density at radius 3 is 2.72 bits per heavy atom. The highest BCUT2D eigenvalue weighted by molar-refractivity contribution is 5.87. The predicted molar refractivity (Wildman–Crippen MR) is 99.0 cm³/mol. The van der Waals surface area contributed by atoms with Crippen molar-refractivity contribution in [3.63, 3.8) is 0 Å². The van der Waals surface area contributed by atoms with E-state index in [9.17, 15) is 4.79 Å². The second kappa shape index (κ2) is 7.88. The van der Waals surface area contributed by atoms with Gasteiger partial charge in [-0.15, -0.1) is 0 Å². The largest absolute Gasteiger partial charge is 0.492 e. The summed E-state index contributed by atoms with van der Waals surface area (Å²) in [6, 6.07) is 14.0. The summed E-state index contributed by atoms with van der Waals surface area (Å²) in [5.74, 6) is 0.780. The summed E-state index contributed by atoms with van der Waals surface area (Å²) in [5, 5.41) is 3.89. The lowest BCUT2D eigenvalue weighted by molar-refractivity contribution is -0.120. The molecule has 0 saturated heterocycles. The van der Waals surface area contributed by atoms with Crippen molar-refractivity contribution in [2.24, 2.45) is 0 Å². The topological polar surface area (TPSA) is 51.5 Å². The van der Waals surface area contributed by atoms with Crippen LogP contribution in [0.25, 0.3) is 11.0 Å². The Kier molecular flexibility index (Phi) is 5.39. The van der Waals surface area contributed by atoms with Crippen LogP contribution in [-0.4, -0.2) is 19.1 Å². The Morgan fingerprint density at radius 2 is 1.96 bits per heavy atom. The molecular weight excluding hydrogens is 314 g/mol. The molecule has 1 aromatic heterocycles. The Balaban J connectivity index is 1.48. The molecule has 130 valence electrons. The quantitative estimate of drug-likeness (QED) is 0.662. The first-order valence-corrected chi connectivity index (χ1v) is 8.61. The first-order valence-electron chi connectivity index (χ1n) is 8.61. The van der Waals surface area contributed by atoms with E-state index in [1.54, 1.807) is 6.26 Å². The van der Waals surface area contributed by atoms with Crippen molar-refractivity contribution in [3.05, 3.63) is 65.4 Å². The summed E-state index contributed by atoms with van der Waals surface area (Å²) < 4.78 is 11.2. The van der Waals surface area contributed by atoms with E-state index in [0.29, 0.717) is 19.6 Å². The third-order valence-electron chi connectivity index (χ3n) is 4.19. The molecular formula is C21H23NO3. The zero-order valence-electron chi connectivity index (χ0n) is 14.7. The van der Waals surface area contributed by atoms with Crippen LogP contribution in [0.3, 0.4) is 0 Å². The van der Waals surface area contributed by atoms with Gasteiger partial charge in [0, 0.05) is 10.9 Å². The average Bonchev–Trinajstić information content (AvgIpc) is 3.02. The van der Waals surface area contributed by atoms with Gasteiger partial charge in [0.15, 0.2) is 0 Å². The minimum atomic E-state index is -0.0326. The Bertz CT molecular complexity index is 849. The van der Waals surface area contributed by atoms with E-state index in [2.05, 4.69) is 18.3 Å². The molecule has 1 N–H and O–H groups in total. The van der Waals surface area contributed by atoms with E-state index < -0.39 is 0 Å². The number of amides is 1. The van der Waals surface area contributed by atoms with Crippen LogP contribution in [0.1, 0.15) is 23.6 Å². The standard InChI is InChI=1S/C21H23NO3/c1-3-16-6-9-19-17(14-25-20(19)12-16)13-21(23)22-10-11-24-18-7-4-15(2)5-8-18/h4-9,12,14H,3,10-11,13H2,1-2H3,(H,22,23). The second-order valence-electron chi connectivity index (χ2n) is 6.13. The van der Waals surface area contributed by atoms with Gasteiger partial charge in [-0.3, -0.25) is 4.79 Å². The van der Waals surface area contributed by atoms with E-state index >= 15 is 0 Å². The van der Waals surface area contributed by atoms with Gasteiger partial charge < -0.3 is 14.5 Å². The Morgan fingerprint density at radius 1 is 1.16 bits per heavy atom. The number of nitrogens with one attached hydrogen (secondary N) is 1. The van der Waals surface area contributed by atoms with Crippen molar-refractivity contribution in [2.45, 2.75) is 26.7 Å². The highest BCUT2D eigenvalue weighted by Gasteiger charge is 2.10. The van der Waals surface area contributed by atoms with E-state index in [0.717, 1.165) is 28.7 Å². The third kappa shape index (κ3) is 4.41. The molecule has 0 unspecified atom stereocenters. The van der Waals surface area contributed by atoms with Crippen LogP contribution in [0.2, 0.25) is 0 Å². The van der Waals surface area contributed by atoms with Gasteiger partial charge >= 0.3 is 0 Å². The molecule has 0 radical (unpaired) electrons. The van der Waals surface area contributed by atoms with Crippen LogP contribution in [0.4, 0.5) is 0 Å². The molecule has 0 aliphatic rings. The molecule has 0 aliphatic carbocycles. The molecule has 0 bridgehead atoms. The Hall–Kier alpha value is -2.75. The number of fused-ring (bicyclic) bond motifs is 1. The number of carbonyl (C=O) groups is 1. The molecule has 2 aromatic carbocycles. The maximum absolute atomic E-state index is 12.1. The molecule has 0 aliphatic heterocycles. The molecule has 0 atom stereocenters. The van der Waals surface area contributed by atoms with Gasteiger partial charge in [0.1, 0.15) is 17.9 Å². The van der Waals surface area contributed by atoms with Crippen molar-refractivity contribution in [3.8, 4) is 5.75 Å². The van der Waals surface area contributed by atoms with Crippen LogP contribution >= 0.6 is 0 Å². The summed E-state index contributed by atoms with van der Waals surface area (Å²) in [6.07, 6.45) is 2.95. The summed E-state index contributed by atoms with van der Waals surface area (Å²) in [5.41, 5.74) is 4.17. The fourth-order valence-corrected chi connectivity index (χ4v) is 2.71. The molecule has 25 heavy (non-hydrogen) atoms. The lowest BCUT2D eigenvalue weighted by Crippen LogP contribution is -2.29. The second-order valence-corrected chi connectivity index (χ2v) is 6.13. The number of hydrogen-bond acceptors (Lipinski definition) is 3. The number of rotatable bonds is 7. The number of hydrogen-bond donors (Lipinski definition) is 1. The van der Waals surface area contributed by atoms with Crippen molar-refractivity contribution in [1.82, 2.24) is 5.32 Å². The monoisotopic (exact) mass is 337 g/mol. The minimum Gasteiger partial charge on any atom is -0.492 e. The Labute approximate surface area is 147 Å². The van der Waals surface area contributed by atoms with E-state index in [4.69, 9.17) is 9.15 Å². The zero-order chi connectivity index (χ0) is 17.6. The van der Waals surface area contributed by atoms with Gasteiger partial charge in [-0.2, -0.15) is 0 Å². The molecule has 4 heteroatoms. The molecule has 0 fully saturated rings. The third-order valence-corrected chi connectivity index (χ3v) is 4.19. The zero-order valence-corrected chi connectivity index (χ0v) is 14.7. The summed E-state index contributed by atoms with van der Waals surface area (Å²) >= 11 is 0. The number of benzene rings is 2. The van der Waals surface area contributed by atoms with Gasteiger partial charge in [-0.1, -0.05) is 36.8 Å². The van der Waals surface area contributed by atoms with Crippen LogP contribution in [-0.2, 0) is 17.6 Å².